The topological polar surface area (TPSA) is 12.9 Å². The summed E-state index contributed by atoms with van der Waals surface area (Å²) in [5.74, 6) is 0. The van der Waals surface area contributed by atoms with E-state index in [4.69, 9.17) is 4.98 Å². The Morgan fingerprint density at radius 3 is 1.80 bits per heavy atom. The number of hydrogen-bond donors (Lipinski definition) is 0. The molecule has 0 unspecified atom stereocenters. The van der Waals surface area contributed by atoms with Crippen LogP contribution < -0.4 is 0 Å². The molecule has 5 aromatic rings. The number of para-hydroxylation sites is 2. The highest BCUT2D eigenvalue weighted by Gasteiger charge is 2.10. The molecule has 0 spiro atoms. The van der Waals surface area contributed by atoms with E-state index in [1.807, 2.05) is 0 Å². The SMILES string of the molecule is c1ccc2c(Cc3c4ccccc4nc4ccccc34)cccc2c1. The molecule has 0 fully saturated rings. The lowest BCUT2D eigenvalue weighted by atomic mass is 9.93. The van der Waals surface area contributed by atoms with Crippen molar-refractivity contribution in [3.05, 3.63) is 102 Å². The Morgan fingerprint density at radius 2 is 1.08 bits per heavy atom. The quantitative estimate of drug-likeness (QED) is 0.357. The molecule has 1 heterocycles. The lowest BCUT2D eigenvalue weighted by Gasteiger charge is -2.12. The van der Waals surface area contributed by atoms with Crippen LogP contribution in [-0.4, -0.2) is 4.98 Å². The Hall–Kier alpha value is -3.19. The molecule has 4 aromatic carbocycles. The number of aromatic nitrogens is 1. The lowest BCUT2D eigenvalue weighted by Crippen LogP contribution is -1.95. The van der Waals surface area contributed by atoms with Crippen LogP contribution in [0.5, 0.6) is 0 Å². The molecular weight excluding hydrogens is 302 g/mol. The van der Waals surface area contributed by atoms with Crippen molar-refractivity contribution >= 4 is 32.6 Å². The highest BCUT2D eigenvalue weighted by Crippen LogP contribution is 2.30. The highest BCUT2D eigenvalue weighted by molar-refractivity contribution is 5.98. The summed E-state index contributed by atoms with van der Waals surface area (Å²) in [5.41, 5.74) is 4.85. The Kier molecular flexibility index (Phi) is 3.24. The van der Waals surface area contributed by atoms with Crippen LogP contribution in [0, 0.1) is 0 Å². The first-order valence-electron chi connectivity index (χ1n) is 8.63. The molecule has 0 amide bonds. The molecule has 0 bridgehead atoms. The van der Waals surface area contributed by atoms with Crippen LogP contribution >= 0.6 is 0 Å². The second-order valence-corrected chi connectivity index (χ2v) is 6.44. The van der Waals surface area contributed by atoms with Crippen molar-refractivity contribution in [2.75, 3.05) is 0 Å². The van der Waals surface area contributed by atoms with Gasteiger partial charge in [0.05, 0.1) is 11.0 Å². The van der Waals surface area contributed by atoms with Gasteiger partial charge >= 0.3 is 0 Å². The zero-order valence-corrected chi connectivity index (χ0v) is 13.8. The van der Waals surface area contributed by atoms with Gasteiger partial charge < -0.3 is 0 Å². The monoisotopic (exact) mass is 319 g/mol. The Bertz CT molecular complexity index is 1160. The van der Waals surface area contributed by atoms with Gasteiger partial charge in [0.15, 0.2) is 0 Å². The van der Waals surface area contributed by atoms with Gasteiger partial charge in [0.2, 0.25) is 0 Å². The number of benzene rings is 4. The van der Waals surface area contributed by atoms with Crippen molar-refractivity contribution in [3.63, 3.8) is 0 Å². The van der Waals surface area contributed by atoms with Crippen LogP contribution in [0.25, 0.3) is 32.6 Å². The molecule has 25 heavy (non-hydrogen) atoms. The molecule has 5 rings (SSSR count). The summed E-state index contributed by atoms with van der Waals surface area (Å²) >= 11 is 0. The predicted octanol–water partition coefficient (Wildman–Crippen LogP) is 6.13. The maximum absolute atomic E-state index is 4.84. The third kappa shape index (κ3) is 2.36. The summed E-state index contributed by atoms with van der Waals surface area (Å²) in [7, 11) is 0. The highest BCUT2D eigenvalue weighted by atomic mass is 14.7. The molecule has 1 heteroatoms. The fraction of sp³-hybridized carbons (Fsp3) is 0.0417. The Balaban J connectivity index is 1.81. The minimum Gasteiger partial charge on any atom is -0.248 e. The van der Waals surface area contributed by atoms with Gasteiger partial charge in [-0.2, -0.15) is 0 Å². The molecule has 118 valence electrons. The van der Waals surface area contributed by atoms with Gasteiger partial charge in [0, 0.05) is 10.8 Å². The second kappa shape index (κ2) is 5.71. The number of nitrogens with zero attached hydrogens (tertiary/aromatic N) is 1. The second-order valence-electron chi connectivity index (χ2n) is 6.44. The van der Waals surface area contributed by atoms with Crippen molar-refractivity contribution < 1.29 is 0 Å². The summed E-state index contributed by atoms with van der Waals surface area (Å²) in [5, 5.41) is 5.11. The first-order chi connectivity index (χ1) is 12.4. The predicted molar refractivity (Wildman–Crippen MR) is 106 cm³/mol. The molecule has 0 saturated heterocycles. The normalized spacial score (nSPS) is 11.4. The van der Waals surface area contributed by atoms with E-state index in [1.165, 1.54) is 32.7 Å². The van der Waals surface area contributed by atoms with Gasteiger partial charge in [-0.05, 0) is 40.5 Å². The first kappa shape index (κ1) is 14.2. The van der Waals surface area contributed by atoms with E-state index in [0.717, 1.165) is 17.5 Å². The average molecular weight is 319 g/mol. The van der Waals surface area contributed by atoms with Crippen molar-refractivity contribution in [3.8, 4) is 0 Å². The molecule has 1 nitrogen and oxygen atoms in total. The van der Waals surface area contributed by atoms with Crippen molar-refractivity contribution in [2.24, 2.45) is 0 Å². The summed E-state index contributed by atoms with van der Waals surface area (Å²) in [6.07, 6.45) is 0.908. The zero-order valence-electron chi connectivity index (χ0n) is 13.8. The Labute approximate surface area is 146 Å². The largest absolute Gasteiger partial charge is 0.248 e. The maximum atomic E-state index is 4.84. The van der Waals surface area contributed by atoms with E-state index >= 15 is 0 Å². The van der Waals surface area contributed by atoms with Crippen molar-refractivity contribution in [1.29, 1.82) is 0 Å². The van der Waals surface area contributed by atoms with E-state index in [1.54, 1.807) is 0 Å². The van der Waals surface area contributed by atoms with E-state index in [-0.39, 0.29) is 0 Å². The summed E-state index contributed by atoms with van der Waals surface area (Å²) in [4.78, 5) is 4.84. The molecule has 1 aromatic heterocycles. The molecular formula is C24H17N. The van der Waals surface area contributed by atoms with E-state index in [9.17, 15) is 0 Å². The molecule has 0 N–H and O–H groups in total. The molecule has 0 radical (unpaired) electrons. The number of hydrogen-bond acceptors (Lipinski definition) is 1. The van der Waals surface area contributed by atoms with Crippen LogP contribution in [0.1, 0.15) is 11.1 Å². The van der Waals surface area contributed by atoms with Gasteiger partial charge in [-0.1, -0.05) is 78.9 Å². The first-order valence-corrected chi connectivity index (χ1v) is 8.63. The smallest absolute Gasteiger partial charge is 0.0712 e. The molecule has 0 aliphatic carbocycles. The van der Waals surface area contributed by atoms with Gasteiger partial charge in [0.1, 0.15) is 0 Å². The van der Waals surface area contributed by atoms with Crippen molar-refractivity contribution in [1.82, 2.24) is 4.98 Å². The third-order valence-corrected chi connectivity index (χ3v) is 4.95. The van der Waals surface area contributed by atoms with Crippen LogP contribution in [0.4, 0.5) is 0 Å². The number of fused-ring (bicyclic) bond motifs is 3. The maximum Gasteiger partial charge on any atom is 0.0712 e. The van der Waals surface area contributed by atoms with Gasteiger partial charge in [-0.3, -0.25) is 0 Å². The van der Waals surface area contributed by atoms with Gasteiger partial charge in [-0.15, -0.1) is 0 Å². The standard InChI is InChI=1S/C24H17N/c1-2-11-19-17(8-1)9-7-10-18(19)16-22-20-12-3-5-14-23(20)25-24-15-6-4-13-21(22)24/h1-15H,16H2. The van der Waals surface area contributed by atoms with Crippen LogP contribution in [0.15, 0.2) is 91.0 Å². The Morgan fingerprint density at radius 1 is 0.520 bits per heavy atom. The molecule has 0 saturated carbocycles. The number of pyridine rings is 1. The fourth-order valence-electron chi connectivity index (χ4n) is 3.76. The van der Waals surface area contributed by atoms with Crippen molar-refractivity contribution in [2.45, 2.75) is 6.42 Å². The van der Waals surface area contributed by atoms with E-state index < -0.39 is 0 Å². The molecule has 0 aliphatic rings. The zero-order chi connectivity index (χ0) is 16.6. The summed E-state index contributed by atoms with van der Waals surface area (Å²) in [6, 6.07) is 32.1. The van der Waals surface area contributed by atoms with Gasteiger partial charge in [-0.25, -0.2) is 4.98 Å². The van der Waals surface area contributed by atoms with Crippen LogP contribution in [0.2, 0.25) is 0 Å². The minimum absolute atomic E-state index is 0.908. The number of rotatable bonds is 2. The lowest BCUT2D eigenvalue weighted by molar-refractivity contribution is 1.25. The average Bonchev–Trinajstić information content (AvgIpc) is 2.68. The van der Waals surface area contributed by atoms with E-state index in [0.29, 0.717) is 0 Å². The van der Waals surface area contributed by atoms with Crippen LogP contribution in [0.3, 0.4) is 0 Å². The van der Waals surface area contributed by atoms with Gasteiger partial charge in [0.25, 0.3) is 0 Å². The fourth-order valence-corrected chi connectivity index (χ4v) is 3.76. The molecule has 0 aliphatic heterocycles. The summed E-state index contributed by atoms with van der Waals surface area (Å²) in [6.45, 7) is 0. The molecule has 0 atom stereocenters. The minimum atomic E-state index is 0.908. The summed E-state index contributed by atoms with van der Waals surface area (Å²) < 4.78 is 0. The third-order valence-electron chi connectivity index (χ3n) is 4.95. The van der Waals surface area contributed by atoms with Crippen LogP contribution in [-0.2, 0) is 6.42 Å². The van der Waals surface area contributed by atoms with E-state index in [2.05, 4.69) is 91.0 Å².